The van der Waals surface area contributed by atoms with Crippen molar-refractivity contribution in [1.29, 1.82) is 0 Å². The summed E-state index contributed by atoms with van der Waals surface area (Å²) in [4.78, 5) is 28.7. The van der Waals surface area contributed by atoms with Gasteiger partial charge >= 0.3 is 0 Å². The molecular formula is C28H29N5O3. The molecule has 8 nitrogen and oxygen atoms in total. The molecule has 2 aromatic carbocycles. The molecule has 0 saturated carbocycles. The molecule has 0 aliphatic heterocycles. The highest BCUT2D eigenvalue weighted by atomic mass is 16.5. The SMILES string of the molecule is NC(CCC(=O)Nc1ccc(Oc2ccc(-n3cccc3)cc2)cc1)C(=O)NCCc1ccccn1. The maximum absolute atomic E-state index is 12.3. The van der Waals surface area contributed by atoms with Crippen LogP contribution in [-0.4, -0.2) is 34.0 Å². The number of anilines is 1. The van der Waals surface area contributed by atoms with E-state index < -0.39 is 6.04 Å². The third-order valence-corrected chi connectivity index (χ3v) is 5.54. The van der Waals surface area contributed by atoms with E-state index in [4.69, 9.17) is 10.5 Å². The fourth-order valence-electron chi connectivity index (χ4n) is 3.57. The number of nitrogens with zero attached hydrogens (tertiary/aromatic N) is 2. The Bertz CT molecular complexity index is 1240. The fourth-order valence-corrected chi connectivity index (χ4v) is 3.57. The first-order chi connectivity index (χ1) is 17.6. The van der Waals surface area contributed by atoms with Crippen LogP contribution in [0.5, 0.6) is 11.5 Å². The van der Waals surface area contributed by atoms with Crippen LogP contribution in [0.3, 0.4) is 0 Å². The fraction of sp³-hybridized carbons (Fsp3) is 0.179. The summed E-state index contributed by atoms with van der Waals surface area (Å²) >= 11 is 0. The lowest BCUT2D eigenvalue weighted by molar-refractivity contribution is -0.122. The van der Waals surface area contributed by atoms with Gasteiger partial charge < -0.3 is 25.7 Å². The molecule has 0 aliphatic carbocycles. The van der Waals surface area contributed by atoms with Gasteiger partial charge in [0.1, 0.15) is 11.5 Å². The largest absolute Gasteiger partial charge is 0.457 e. The Labute approximate surface area is 210 Å². The van der Waals surface area contributed by atoms with Crippen LogP contribution in [0.15, 0.2) is 97.5 Å². The van der Waals surface area contributed by atoms with Crippen molar-refractivity contribution in [2.75, 3.05) is 11.9 Å². The highest BCUT2D eigenvalue weighted by Crippen LogP contribution is 2.24. The molecule has 4 N–H and O–H groups in total. The van der Waals surface area contributed by atoms with Gasteiger partial charge in [-0.2, -0.15) is 0 Å². The summed E-state index contributed by atoms with van der Waals surface area (Å²) in [7, 11) is 0. The lowest BCUT2D eigenvalue weighted by Crippen LogP contribution is -2.41. The summed E-state index contributed by atoms with van der Waals surface area (Å²) in [5.74, 6) is 0.892. The molecular weight excluding hydrogens is 454 g/mol. The molecule has 0 radical (unpaired) electrons. The molecule has 0 aliphatic rings. The number of benzene rings is 2. The van der Waals surface area contributed by atoms with E-state index in [2.05, 4.69) is 15.6 Å². The summed E-state index contributed by atoms with van der Waals surface area (Å²) in [6.45, 7) is 0.446. The molecule has 4 rings (SSSR count). The Kier molecular flexibility index (Phi) is 8.45. The Balaban J connectivity index is 1.17. The number of hydrogen-bond donors (Lipinski definition) is 3. The zero-order valence-electron chi connectivity index (χ0n) is 19.8. The lowest BCUT2D eigenvalue weighted by atomic mass is 10.1. The van der Waals surface area contributed by atoms with Gasteiger partial charge in [-0.15, -0.1) is 0 Å². The van der Waals surface area contributed by atoms with E-state index in [1.807, 2.05) is 71.6 Å². The van der Waals surface area contributed by atoms with Gasteiger partial charge in [0.2, 0.25) is 11.8 Å². The first-order valence-corrected chi connectivity index (χ1v) is 11.8. The molecule has 0 spiro atoms. The van der Waals surface area contributed by atoms with Gasteiger partial charge in [-0.1, -0.05) is 6.07 Å². The molecule has 0 saturated heterocycles. The average molecular weight is 484 g/mol. The minimum absolute atomic E-state index is 0.140. The van der Waals surface area contributed by atoms with E-state index in [0.717, 1.165) is 17.1 Å². The maximum atomic E-state index is 12.3. The van der Waals surface area contributed by atoms with Crippen LogP contribution in [-0.2, 0) is 16.0 Å². The second kappa shape index (κ2) is 12.3. The summed E-state index contributed by atoms with van der Waals surface area (Å²) < 4.78 is 7.91. The first kappa shape index (κ1) is 24.7. The highest BCUT2D eigenvalue weighted by molar-refractivity contribution is 5.91. The van der Waals surface area contributed by atoms with Crippen molar-refractivity contribution < 1.29 is 14.3 Å². The van der Waals surface area contributed by atoms with Crippen LogP contribution < -0.4 is 21.1 Å². The molecule has 184 valence electrons. The lowest BCUT2D eigenvalue weighted by Gasteiger charge is -2.12. The van der Waals surface area contributed by atoms with Gasteiger partial charge in [0.15, 0.2) is 0 Å². The van der Waals surface area contributed by atoms with Crippen molar-refractivity contribution in [3.05, 3.63) is 103 Å². The number of rotatable bonds is 11. The number of carbonyl (C=O) groups excluding carboxylic acids is 2. The quantitative estimate of drug-likeness (QED) is 0.298. The van der Waals surface area contributed by atoms with Crippen molar-refractivity contribution in [2.45, 2.75) is 25.3 Å². The number of amides is 2. The standard InChI is InChI=1S/C28H29N5O3/c29-26(28(35)31-18-16-21-5-1-2-17-30-21)14-15-27(34)32-22-6-10-24(11-7-22)36-25-12-8-23(9-13-25)33-19-3-4-20-33/h1-13,17,19-20,26H,14-16,18,29H2,(H,31,35)(H,32,34). The Morgan fingerprint density at radius 1 is 0.917 bits per heavy atom. The van der Waals surface area contributed by atoms with E-state index in [9.17, 15) is 9.59 Å². The van der Waals surface area contributed by atoms with Crippen LogP contribution >= 0.6 is 0 Å². The second-order valence-electron chi connectivity index (χ2n) is 8.27. The molecule has 8 heteroatoms. The van der Waals surface area contributed by atoms with Gasteiger partial charge in [0.25, 0.3) is 0 Å². The molecule has 0 fully saturated rings. The van der Waals surface area contributed by atoms with Crippen LogP contribution in [0, 0.1) is 0 Å². The van der Waals surface area contributed by atoms with Crippen molar-refractivity contribution in [3.63, 3.8) is 0 Å². The number of nitrogens with two attached hydrogens (primary N) is 1. The third-order valence-electron chi connectivity index (χ3n) is 5.54. The topological polar surface area (TPSA) is 111 Å². The molecule has 1 unspecified atom stereocenters. The minimum atomic E-state index is -0.751. The third kappa shape index (κ3) is 7.28. The van der Waals surface area contributed by atoms with E-state index >= 15 is 0 Å². The second-order valence-corrected chi connectivity index (χ2v) is 8.27. The smallest absolute Gasteiger partial charge is 0.236 e. The summed E-state index contributed by atoms with van der Waals surface area (Å²) in [5.41, 5.74) is 8.53. The van der Waals surface area contributed by atoms with Crippen molar-refractivity contribution in [3.8, 4) is 17.2 Å². The predicted octanol–water partition coefficient (Wildman–Crippen LogP) is 4.07. The van der Waals surface area contributed by atoms with Crippen molar-refractivity contribution in [2.24, 2.45) is 5.73 Å². The number of pyridine rings is 1. The first-order valence-electron chi connectivity index (χ1n) is 11.8. The molecule has 0 bridgehead atoms. The van der Waals surface area contributed by atoms with Crippen molar-refractivity contribution >= 4 is 17.5 Å². The zero-order chi connectivity index (χ0) is 25.2. The van der Waals surface area contributed by atoms with Crippen LogP contribution in [0.2, 0.25) is 0 Å². The molecule has 36 heavy (non-hydrogen) atoms. The minimum Gasteiger partial charge on any atom is -0.457 e. The van der Waals surface area contributed by atoms with Crippen LogP contribution in [0.1, 0.15) is 18.5 Å². The van der Waals surface area contributed by atoms with E-state index in [0.29, 0.717) is 24.4 Å². The van der Waals surface area contributed by atoms with E-state index in [1.54, 1.807) is 30.5 Å². The van der Waals surface area contributed by atoms with E-state index in [-0.39, 0.29) is 24.7 Å². The maximum Gasteiger partial charge on any atom is 0.236 e. The van der Waals surface area contributed by atoms with Gasteiger partial charge in [0, 0.05) is 55.0 Å². The number of hydrogen-bond acceptors (Lipinski definition) is 5. The van der Waals surface area contributed by atoms with Crippen LogP contribution in [0.4, 0.5) is 5.69 Å². The predicted molar refractivity (Wildman–Crippen MR) is 139 cm³/mol. The van der Waals surface area contributed by atoms with Crippen molar-refractivity contribution in [1.82, 2.24) is 14.9 Å². The van der Waals surface area contributed by atoms with Crippen LogP contribution in [0.25, 0.3) is 5.69 Å². The molecule has 2 amide bonds. The number of ether oxygens (including phenoxy) is 1. The van der Waals surface area contributed by atoms with Gasteiger partial charge in [0.05, 0.1) is 6.04 Å². The highest BCUT2D eigenvalue weighted by Gasteiger charge is 2.15. The number of aromatic nitrogens is 2. The number of carbonyl (C=O) groups is 2. The van der Waals surface area contributed by atoms with Gasteiger partial charge in [-0.25, -0.2) is 0 Å². The Morgan fingerprint density at radius 2 is 1.61 bits per heavy atom. The summed E-state index contributed by atoms with van der Waals surface area (Å²) in [6, 6.07) is 23.7. The van der Waals surface area contributed by atoms with E-state index in [1.165, 1.54) is 0 Å². The molecule has 1 atom stereocenters. The summed E-state index contributed by atoms with van der Waals surface area (Å²) in [6.07, 6.45) is 6.69. The summed E-state index contributed by atoms with van der Waals surface area (Å²) in [5, 5.41) is 5.61. The molecule has 2 aromatic heterocycles. The van der Waals surface area contributed by atoms with Gasteiger partial charge in [-0.05, 0) is 79.2 Å². The average Bonchev–Trinajstić information content (AvgIpc) is 3.44. The molecule has 2 heterocycles. The number of nitrogens with one attached hydrogen (secondary N) is 2. The molecule has 4 aromatic rings. The Morgan fingerprint density at radius 3 is 2.28 bits per heavy atom. The van der Waals surface area contributed by atoms with Gasteiger partial charge in [-0.3, -0.25) is 14.6 Å². The Hall–Kier alpha value is -4.43. The monoisotopic (exact) mass is 483 g/mol. The zero-order valence-corrected chi connectivity index (χ0v) is 19.8. The normalized spacial score (nSPS) is 11.5.